The fourth-order valence-corrected chi connectivity index (χ4v) is 2.95. The van der Waals surface area contributed by atoms with Gasteiger partial charge >= 0.3 is 0 Å². The van der Waals surface area contributed by atoms with Crippen LogP contribution in [0.2, 0.25) is 0 Å². The molecule has 2 rings (SSSR count). The van der Waals surface area contributed by atoms with Gasteiger partial charge in [-0.25, -0.2) is 0 Å². The summed E-state index contributed by atoms with van der Waals surface area (Å²) in [6, 6.07) is 0. The van der Waals surface area contributed by atoms with Crippen LogP contribution in [0.4, 0.5) is 0 Å². The third-order valence-corrected chi connectivity index (χ3v) is 5.43. The largest absolute Gasteiger partial charge is 0.302 e. The average molecular weight is 355 g/mol. The zero-order valence-corrected chi connectivity index (χ0v) is 13.6. The van der Waals surface area contributed by atoms with E-state index in [0.29, 0.717) is 0 Å². The molecule has 0 N–H and O–H groups in total. The van der Waals surface area contributed by atoms with Gasteiger partial charge in [-0.15, -0.1) is 0 Å². The molecule has 0 spiro atoms. The Labute approximate surface area is 118 Å². The van der Waals surface area contributed by atoms with E-state index in [2.05, 4.69) is 33.0 Å². The van der Waals surface area contributed by atoms with Crippen molar-refractivity contribution in [1.29, 1.82) is 0 Å². The van der Waals surface area contributed by atoms with Crippen molar-refractivity contribution in [1.82, 2.24) is 4.90 Å². The Hall–Kier alpha value is 1.04. The van der Waals surface area contributed by atoms with Crippen LogP contribution < -0.4 is 0 Å². The second kappa shape index (κ2) is 10.0. The fraction of sp³-hybridized carbons (Fsp3) is 1.00. The molecular weight excluding hydrogens is 329 g/mol. The van der Waals surface area contributed by atoms with E-state index in [4.69, 9.17) is 0 Å². The molecule has 0 bridgehead atoms. The Morgan fingerprint density at radius 1 is 1.12 bits per heavy atom. The molecule has 3 heteroatoms. The summed E-state index contributed by atoms with van der Waals surface area (Å²) >= 11 is 2.39. The summed E-state index contributed by atoms with van der Waals surface area (Å²) in [4.78, 5) is 2.61. The van der Waals surface area contributed by atoms with E-state index in [1.54, 1.807) is 0 Å². The molecule has 0 atom stereocenters. The molecule has 2 aliphatic rings. The van der Waals surface area contributed by atoms with Gasteiger partial charge in [0.2, 0.25) is 0 Å². The summed E-state index contributed by atoms with van der Waals surface area (Å²) < 4.78 is 0. The van der Waals surface area contributed by atoms with E-state index in [9.17, 15) is 0 Å². The monoisotopic (exact) mass is 355 g/mol. The topological polar surface area (TPSA) is 3.24 Å². The third-order valence-electron chi connectivity index (χ3n) is 3.77. The fourth-order valence-electron chi connectivity index (χ4n) is 2.03. The standard InChI is InChI=1S/C9H18INS.C4H8/c1-2-9-3-5-11(6-4-9)7-8-12-10;1-2-4-3-1/h9H,2-8H2,1H3;1-4H2. The maximum Gasteiger partial charge on any atom is 0.0161 e. The Bertz CT molecular complexity index is 150. The van der Waals surface area contributed by atoms with Crippen LogP contribution >= 0.6 is 30.1 Å². The van der Waals surface area contributed by atoms with E-state index in [1.165, 1.54) is 70.3 Å². The first kappa shape index (κ1) is 15.1. The molecule has 1 saturated carbocycles. The SMILES string of the molecule is C1CCC1.CCC1CCN(CCSI)CC1. The van der Waals surface area contributed by atoms with Gasteiger partial charge in [-0.2, -0.15) is 0 Å². The van der Waals surface area contributed by atoms with Crippen molar-refractivity contribution in [3.05, 3.63) is 0 Å². The number of hydrogen-bond acceptors (Lipinski definition) is 2. The molecule has 2 fully saturated rings. The Morgan fingerprint density at radius 3 is 2.06 bits per heavy atom. The van der Waals surface area contributed by atoms with E-state index in [0.717, 1.165) is 5.92 Å². The Balaban J connectivity index is 0.000000267. The first-order valence-corrected chi connectivity index (χ1v) is 10.4. The quantitative estimate of drug-likeness (QED) is 0.670. The number of nitrogens with zero attached hydrogens (tertiary/aromatic N) is 1. The van der Waals surface area contributed by atoms with Crippen LogP contribution in [-0.2, 0) is 0 Å². The lowest BCUT2D eigenvalue weighted by molar-refractivity contribution is 0.191. The van der Waals surface area contributed by atoms with Crippen LogP contribution in [-0.4, -0.2) is 30.3 Å². The van der Waals surface area contributed by atoms with Crippen molar-refractivity contribution in [3.63, 3.8) is 0 Å². The summed E-state index contributed by atoms with van der Waals surface area (Å²) in [7, 11) is 1.93. The summed E-state index contributed by atoms with van der Waals surface area (Å²) in [5.74, 6) is 2.31. The molecule has 1 aliphatic carbocycles. The third kappa shape index (κ3) is 6.70. The molecule has 1 saturated heterocycles. The zero-order valence-electron chi connectivity index (χ0n) is 10.6. The first-order valence-electron chi connectivity index (χ1n) is 6.82. The molecule has 1 heterocycles. The Kier molecular flexibility index (Phi) is 9.44. The lowest BCUT2D eigenvalue weighted by Gasteiger charge is -2.31. The molecule has 1 nitrogen and oxygen atoms in total. The summed E-state index contributed by atoms with van der Waals surface area (Å²) in [6.45, 7) is 6.30. The normalized spacial score (nSPS) is 22.1. The summed E-state index contributed by atoms with van der Waals surface area (Å²) in [5.41, 5.74) is 0. The molecule has 96 valence electrons. The van der Waals surface area contributed by atoms with E-state index >= 15 is 0 Å². The number of halogens is 1. The lowest BCUT2D eigenvalue weighted by Crippen LogP contribution is -2.34. The van der Waals surface area contributed by atoms with Crippen LogP contribution in [0.25, 0.3) is 0 Å². The summed E-state index contributed by atoms with van der Waals surface area (Å²) in [6.07, 6.45) is 10.2. The van der Waals surface area contributed by atoms with Crippen molar-refractivity contribution in [3.8, 4) is 0 Å². The zero-order chi connectivity index (χ0) is 11.6. The van der Waals surface area contributed by atoms with E-state index < -0.39 is 0 Å². The molecule has 0 amide bonds. The highest BCUT2D eigenvalue weighted by molar-refractivity contribution is 14.2. The van der Waals surface area contributed by atoms with Gasteiger partial charge in [-0.05, 0) is 53.1 Å². The van der Waals surface area contributed by atoms with Crippen molar-refractivity contribution < 1.29 is 0 Å². The maximum atomic E-state index is 2.61. The minimum absolute atomic E-state index is 1.02. The van der Waals surface area contributed by atoms with Gasteiger partial charge in [0.1, 0.15) is 0 Å². The van der Waals surface area contributed by atoms with Gasteiger partial charge in [0, 0.05) is 12.3 Å². The second-order valence-electron chi connectivity index (χ2n) is 4.92. The smallest absolute Gasteiger partial charge is 0.0161 e. The lowest BCUT2D eigenvalue weighted by atomic mass is 9.94. The van der Waals surface area contributed by atoms with E-state index in [-0.39, 0.29) is 0 Å². The van der Waals surface area contributed by atoms with Gasteiger partial charge in [0.05, 0.1) is 0 Å². The predicted molar refractivity (Wildman–Crippen MR) is 84.4 cm³/mol. The number of rotatable bonds is 4. The minimum Gasteiger partial charge on any atom is -0.302 e. The van der Waals surface area contributed by atoms with Gasteiger partial charge < -0.3 is 4.90 Å². The second-order valence-corrected chi connectivity index (χ2v) is 7.42. The highest BCUT2D eigenvalue weighted by atomic mass is 127. The van der Waals surface area contributed by atoms with Crippen molar-refractivity contribution in [2.24, 2.45) is 5.92 Å². The van der Waals surface area contributed by atoms with Gasteiger partial charge in [0.25, 0.3) is 0 Å². The van der Waals surface area contributed by atoms with Crippen molar-refractivity contribution >= 4 is 30.1 Å². The van der Waals surface area contributed by atoms with Crippen LogP contribution in [0, 0.1) is 5.92 Å². The van der Waals surface area contributed by atoms with Gasteiger partial charge in [-0.3, -0.25) is 0 Å². The van der Waals surface area contributed by atoms with Gasteiger partial charge in [-0.1, -0.05) is 48.0 Å². The van der Waals surface area contributed by atoms with Crippen LogP contribution in [0.15, 0.2) is 0 Å². The summed E-state index contributed by atoms with van der Waals surface area (Å²) in [5, 5.41) is 0. The molecule has 0 aromatic heterocycles. The highest BCUT2D eigenvalue weighted by Gasteiger charge is 2.16. The van der Waals surface area contributed by atoms with Crippen LogP contribution in [0.5, 0.6) is 0 Å². The van der Waals surface area contributed by atoms with Crippen LogP contribution in [0.3, 0.4) is 0 Å². The molecule has 0 radical (unpaired) electrons. The number of likely N-dealkylation sites (tertiary alicyclic amines) is 1. The first-order chi connectivity index (χ1) is 7.86. The number of piperidine rings is 1. The van der Waals surface area contributed by atoms with Gasteiger partial charge in [0.15, 0.2) is 0 Å². The van der Waals surface area contributed by atoms with E-state index in [1.807, 2.05) is 8.93 Å². The molecule has 0 aromatic carbocycles. The average Bonchev–Trinajstić information content (AvgIpc) is 2.25. The Morgan fingerprint density at radius 2 is 1.69 bits per heavy atom. The number of hydrogen-bond donors (Lipinski definition) is 0. The molecule has 16 heavy (non-hydrogen) atoms. The van der Waals surface area contributed by atoms with Crippen molar-refractivity contribution in [2.45, 2.75) is 51.9 Å². The molecule has 0 unspecified atom stereocenters. The predicted octanol–water partition coefficient (Wildman–Crippen LogP) is 4.75. The molecule has 0 aromatic rings. The van der Waals surface area contributed by atoms with Crippen molar-refractivity contribution in [2.75, 3.05) is 25.4 Å². The molecular formula is C13H26INS. The molecule has 1 aliphatic heterocycles. The van der Waals surface area contributed by atoms with Crippen LogP contribution in [0.1, 0.15) is 51.9 Å². The highest BCUT2D eigenvalue weighted by Crippen LogP contribution is 2.20. The minimum atomic E-state index is 1.02. The maximum absolute atomic E-state index is 2.61.